The van der Waals surface area contributed by atoms with Gasteiger partial charge in [0.2, 0.25) is 0 Å². The molecular formula is C21H18F2N2O5. The number of esters is 1. The smallest absolute Gasteiger partial charge is 0.387 e. The van der Waals surface area contributed by atoms with Gasteiger partial charge in [0, 0.05) is 11.6 Å². The standard InChI is InChI=1S/C21H18F2N2O5/c1-13(20(27)25-16-8-4-3-6-15(16)12-24)29-18(26)11-10-14-7-5-9-17(28-2)19(14)30-21(22)23/h3-11,13,21H,1-2H3,(H,25,27)/b11-10+/t13-/m0/s1. The first-order chi connectivity index (χ1) is 14.3. The van der Waals surface area contributed by atoms with Crippen molar-refractivity contribution < 1.29 is 32.6 Å². The SMILES string of the molecule is COc1cccc(/C=C/C(=O)O[C@@H](C)C(=O)Nc2ccccc2C#N)c1OC(F)F. The summed E-state index contributed by atoms with van der Waals surface area (Å²) >= 11 is 0. The topological polar surface area (TPSA) is 97.6 Å². The van der Waals surface area contributed by atoms with Crippen molar-refractivity contribution in [1.82, 2.24) is 0 Å². The second-order valence-electron chi connectivity index (χ2n) is 5.82. The number of amides is 1. The zero-order valence-electron chi connectivity index (χ0n) is 16.1. The number of hydrogen-bond donors (Lipinski definition) is 1. The predicted octanol–water partition coefficient (Wildman–Crippen LogP) is 3.75. The summed E-state index contributed by atoms with van der Waals surface area (Å²) in [7, 11) is 1.29. The molecule has 0 aliphatic rings. The Labute approximate surface area is 171 Å². The lowest BCUT2D eigenvalue weighted by Crippen LogP contribution is -2.29. The van der Waals surface area contributed by atoms with E-state index in [0.717, 1.165) is 6.08 Å². The Morgan fingerprint density at radius 2 is 1.90 bits per heavy atom. The van der Waals surface area contributed by atoms with Crippen molar-refractivity contribution in [2.75, 3.05) is 12.4 Å². The summed E-state index contributed by atoms with van der Waals surface area (Å²) in [4.78, 5) is 24.2. The Morgan fingerprint density at radius 3 is 2.57 bits per heavy atom. The van der Waals surface area contributed by atoms with Crippen LogP contribution in [0.3, 0.4) is 0 Å². The maximum Gasteiger partial charge on any atom is 0.387 e. The Bertz CT molecular complexity index is 986. The lowest BCUT2D eigenvalue weighted by molar-refractivity contribution is -0.148. The van der Waals surface area contributed by atoms with Gasteiger partial charge in [-0.3, -0.25) is 4.79 Å². The number of hydrogen-bond acceptors (Lipinski definition) is 6. The number of carbonyl (C=O) groups is 2. The molecule has 0 spiro atoms. The molecule has 0 saturated heterocycles. The molecule has 2 aromatic rings. The van der Waals surface area contributed by atoms with Gasteiger partial charge in [-0.15, -0.1) is 0 Å². The van der Waals surface area contributed by atoms with Gasteiger partial charge < -0.3 is 19.5 Å². The van der Waals surface area contributed by atoms with Gasteiger partial charge in [-0.1, -0.05) is 24.3 Å². The average molecular weight is 416 g/mol. The van der Waals surface area contributed by atoms with E-state index in [9.17, 15) is 18.4 Å². The molecule has 1 atom stereocenters. The second kappa shape index (κ2) is 10.6. The summed E-state index contributed by atoms with van der Waals surface area (Å²) in [5.74, 6) is -1.69. The van der Waals surface area contributed by atoms with Crippen molar-refractivity contribution in [3.05, 3.63) is 59.7 Å². The van der Waals surface area contributed by atoms with Crippen LogP contribution < -0.4 is 14.8 Å². The number of nitrogens with one attached hydrogen (secondary N) is 1. The molecule has 156 valence electrons. The highest BCUT2D eigenvalue weighted by molar-refractivity contribution is 5.97. The molecule has 0 unspecified atom stereocenters. The van der Waals surface area contributed by atoms with E-state index in [0.29, 0.717) is 0 Å². The summed E-state index contributed by atoms with van der Waals surface area (Å²) in [6.45, 7) is -1.73. The normalized spacial score (nSPS) is 11.6. The lowest BCUT2D eigenvalue weighted by atomic mass is 10.1. The number of benzene rings is 2. The third-order valence-corrected chi connectivity index (χ3v) is 3.80. The summed E-state index contributed by atoms with van der Waals surface area (Å²) in [5.41, 5.74) is 0.703. The minimum Gasteiger partial charge on any atom is -0.493 e. The first kappa shape index (κ1) is 22.4. The fourth-order valence-electron chi connectivity index (χ4n) is 2.39. The molecule has 0 saturated carbocycles. The fraction of sp³-hybridized carbons (Fsp3) is 0.190. The highest BCUT2D eigenvalue weighted by Gasteiger charge is 2.18. The third-order valence-electron chi connectivity index (χ3n) is 3.80. The number of anilines is 1. The first-order valence-corrected chi connectivity index (χ1v) is 8.66. The molecule has 2 aromatic carbocycles. The van der Waals surface area contributed by atoms with E-state index in [4.69, 9.17) is 14.7 Å². The molecule has 0 aliphatic heterocycles. The highest BCUT2D eigenvalue weighted by atomic mass is 19.3. The maximum absolute atomic E-state index is 12.7. The van der Waals surface area contributed by atoms with Crippen molar-refractivity contribution in [2.24, 2.45) is 0 Å². The van der Waals surface area contributed by atoms with Crippen LogP contribution in [0.15, 0.2) is 48.5 Å². The first-order valence-electron chi connectivity index (χ1n) is 8.66. The molecule has 1 N–H and O–H groups in total. The number of carbonyl (C=O) groups excluding carboxylic acids is 2. The molecule has 1 amide bonds. The highest BCUT2D eigenvalue weighted by Crippen LogP contribution is 2.33. The van der Waals surface area contributed by atoms with Gasteiger partial charge in [0.1, 0.15) is 6.07 Å². The van der Waals surface area contributed by atoms with Crippen LogP contribution in [0.1, 0.15) is 18.1 Å². The van der Waals surface area contributed by atoms with Crippen LogP contribution in [-0.2, 0) is 14.3 Å². The Morgan fingerprint density at radius 1 is 1.17 bits per heavy atom. The molecule has 9 heteroatoms. The number of rotatable bonds is 8. The molecule has 0 aromatic heterocycles. The number of methoxy groups -OCH3 is 1. The molecule has 2 rings (SSSR count). The van der Waals surface area contributed by atoms with Crippen LogP contribution in [0, 0.1) is 11.3 Å². The van der Waals surface area contributed by atoms with Crippen molar-refractivity contribution >= 4 is 23.6 Å². The number of halogens is 2. The minimum absolute atomic E-state index is 0.0646. The van der Waals surface area contributed by atoms with E-state index in [-0.39, 0.29) is 28.3 Å². The van der Waals surface area contributed by atoms with E-state index in [1.165, 1.54) is 50.4 Å². The zero-order valence-corrected chi connectivity index (χ0v) is 16.1. The van der Waals surface area contributed by atoms with Crippen LogP contribution in [0.5, 0.6) is 11.5 Å². The summed E-state index contributed by atoms with van der Waals surface area (Å²) in [6, 6.07) is 12.7. The predicted molar refractivity (Wildman–Crippen MR) is 104 cm³/mol. The largest absolute Gasteiger partial charge is 0.493 e. The Hall–Kier alpha value is -3.93. The molecule has 0 aliphatic carbocycles. The maximum atomic E-state index is 12.7. The van der Waals surface area contributed by atoms with E-state index < -0.39 is 24.6 Å². The number of ether oxygens (including phenoxy) is 3. The number of para-hydroxylation sites is 2. The van der Waals surface area contributed by atoms with E-state index in [2.05, 4.69) is 10.1 Å². The van der Waals surface area contributed by atoms with Crippen LogP contribution in [0.4, 0.5) is 14.5 Å². The van der Waals surface area contributed by atoms with Gasteiger partial charge in [-0.2, -0.15) is 14.0 Å². The Balaban J connectivity index is 2.05. The monoisotopic (exact) mass is 416 g/mol. The van der Waals surface area contributed by atoms with E-state index >= 15 is 0 Å². The van der Waals surface area contributed by atoms with Gasteiger partial charge in [0.05, 0.1) is 18.4 Å². The quantitative estimate of drug-likeness (QED) is 0.520. The van der Waals surface area contributed by atoms with Gasteiger partial charge in [-0.25, -0.2) is 4.79 Å². The van der Waals surface area contributed by atoms with Crippen LogP contribution >= 0.6 is 0 Å². The number of alkyl halides is 2. The Kier molecular flexibility index (Phi) is 7.88. The van der Waals surface area contributed by atoms with Crippen molar-refractivity contribution in [1.29, 1.82) is 5.26 Å². The molecule has 0 fully saturated rings. The summed E-state index contributed by atoms with van der Waals surface area (Å²) in [5, 5.41) is 11.5. The number of nitriles is 1. The average Bonchev–Trinajstić information content (AvgIpc) is 2.72. The summed E-state index contributed by atoms with van der Waals surface area (Å²) < 4.78 is 39.8. The fourth-order valence-corrected chi connectivity index (χ4v) is 2.39. The third kappa shape index (κ3) is 6.04. The zero-order chi connectivity index (χ0) is 22.1. The summed E-state index contributed by atoms with van der Waals surface area (Å²) in [6.07, 6.45) is 1.01. The van der Waals surface area contributed by atoms with Gasteiger partial charge in [0.25, 0.3) is 5.91 Å². The van der Waals surface area contributed by atoms with Crippen LogP contribution in [0.25, 0.3) is 6.08 Å². The second-order valence-corrected chi connectivity index (χ2v) is 5.82. The van der Waals surface area contributed by atoms with Gasteiger partial charge in [0.15, 0.2) is 17.6 Å². The molecule has 0 heterocycles. The van der Waals surface area contributed by atoms with Gasteiger partial charge >= 0.3 is 12.6 Å². The number of nitrogens with zero attached hydrogens (tertiary/aromatic N) is 1. The van der Waals surface area contributed by atoms with Crippen LogP contribution in [0.2, 0.25) is 0 Å². The molecule has 0 bridgehead atoms. The molecular weight excluding hydrogens is 398 g/mol. The molecule has 0 radical (unpaired) electrons. The van der Waals surface area contributed by atoms with Crippen molar-refractivity contribution in [2.45, 2.75) is 19.6 Å². The van der Waals surface area contributed by atoms with E-state index in [1.807, 2.05) is 6.07 Å². The van der Waals surface area contributed by atoms with Crippen molar-refractivity contribution in [3.8, 4) is 17.6 Å². The molecule has 30 heavy (non-hydrogen) atoms. The van der Waals surface area contributed by atoms with Gasteiger partial charge in [-0.05, 0) is 31.2 Å². The molecule has 7 nitrogen and oxygen atoms in total. The lowest BCUT2D eigenvalue weighted by Gasteiger charge is -2.13. The van der Waals surface area contributed by atoms with E-state index in [1.54, 1.807) is 12.1 Å². The van der Waals surface area contributed by atoms with Crippen LogP contribution in [-0.4, -0.2) is 31.7 Å². The van der Waals surface area contributed by atoms with Crippen molar-refractivity contribution in [3.63, 3.8) is 0 Å². The minimum atomic E-state index is -3.08.